The minimum absolute atomic E-state index is 0.0461. The Hall–Kier alpha value is -2.20. The van der Waals surface area contributed by atoms with Gasteiger partial charge in [0.2, 0.25) is 0 Å². The van der Waals surface area contributed by atoms with Gasteiger partial charge in [-0.1, -0.05) is 0 Å². The van der Waals surface area contributed by atoms with Gasteiger partial charge in [-0.15, -0.1) is 13.2 Å². The molecular weight excluding hydrogens is 300 g/mol. The predicted molar refractivity (Wildman–Crippen MR) is 49.4 cm³/mol. The van der Waals surface area contributed by atoms with Crippen LogP contribution in [0, 0.1) is 0 Å². The molecule has 0 bridgehead atoms. The maximum Gasteiger partial charge on any atom is 0.573 e. The van der Waals surface area contributed by atoms with Crippen molar-refractivity contribution < 1.29 is 45.7 Å². The Balaban J connectivity index is 3.49. The summed E-state index contributed by atoms with van der Waals surface area (Å²) < 4.78 is 81.4. The maximum absolute atomic E-state index is 12.6. The molecule has 0 spiro atoms. The molecular formula is C9H5F6NO4. The van der Waals surface area contributed by atoms with Gasteiger partial charge in [-0.3, -0.25) is 0 Å². The number of carboxylic acids is 1. The summed E-state index contributed by atoms with van der Waals surface area (Å²) in [6, 6.07) is 0.0461. The van der Waals surface area contributed by atoms with Crippen LogP contribution in [0.15, 0.2) is 6.07 Å². The van der Waals surface area contributed by atoms with Crippen LogP contribution in [0.1, 0.15) is 16.1 Å². The van der Waals surface area contributed by atoms with Gasteiger partial charge in [0.05, 0.1) is 12.7 Å². The van der Waals surface area contributed by atoms with Gasteiger partial charge in [0, 0.05) is 6.07 Å². The average Bonchev–Trinajstić information content (AvgIpc) is 2.24. The van der Waals surface area contributed by atoms with E-state index in [0.717, 1.165) is 7.11 Å². The zero-order valence-electron chi connectivity index (χ0n) is 9.46. The van der Waals surface area contributed by atoms with Crippen LogP contribution >= 0.6 is 0 Å². The van der Waals surface area contributed by atoms with E-state index in [1.807, 2.05) is 0 Å². The van der Waals surface area contributed by atoms with Crippen molar-refractivity contribution in [3.63, 3.8) is 0 Å². The number of carbonyl (C=O) groups is 1. The summed E-state index contributed by atoms with van der Waals surface area (Å²) >= 11 is 0. The lowest BCUT2D eigenvalue weighted by Crippen LogP contribution is -2.21. The Kier molecular flexibility index (Phi) is 4.01. The third-order valence-corrected chi connectivity index (χ3v) is 1.87. The van der Waals surface area contributed by atoms with Crippen molar-refractivity contribution in [2.75, 3.05) is 7.11 Å². The van der Waals surface area contributed by atoms with E-state index in [1.54, 1.807) is 0 Å². The first-order chi connectivity index (χ1) is 8.95. The Labute approximate surface area is 106 Å². The predicted octanol–water partition coefficient (Wildman–Crippen LogP) is 2.71. The molecule has 0 unspecified atom stereocenters. The minimum atomic E-state index is -5.25. The highest BCUT2D eigenvalue weighted by Crippen LogP contribution is 2.38. The van der Waals surface area contributed by atoms with Crippen LogP contribution in [0.2, 0.25) is 0 Å². The van der Waals surface area contributed by atoms with Gasteiger partial charge in [0.15, 0.2) is 11.4 Å². The smallest absolute Gasteiger partial charge is 0.478 e. The molecule has 20 heavy (non-hydrogen) atoms. The second-order valence-electron chi connectivity index (χ2n) is 3.24. The van der Waals surface area contributed by atoms with Crippen LogP contribution in [0.3, 0.4) is 0 Å². The van der Waals surface area contributed by atoms with E-state index in [9.17, 15) is 31.1 Å². The summed E-state index contributed by atoms with van der Waals surface area (Å²) in [6.45, 7) is 0. The third-order valence-electron chi connectivity index (χ3n) is 1.87. The summed E-state index contributed by atoms with van der Waals surface area (Å²) in [6.07, 6.45) is -10.4. The van der Waals surface area contributed by atoms with E-state index in [0.29, 0.717) is 0 Å². The summed E-state index contributed by atoms with van der Waals surface area (Å²) in [5, 5.41) is 8.60. The normalized spacial score (nSPS) is 12.2. The van der Waals surface area contributed by atoms with Gasteiger partial charge in [0.25, 0.3) is 5.88 Å². The van der Waals surface area contributed by atoms with Crippen LogP contribution in [0.4, 0.5) is 26.3 Å². The van der Waals surface area contributed by atoms with Crippen molar-refractivity contribution >= 4 is 5.97 Å². The van der Waals surface area contributed by atoms with Gasteiger partial charge in [-0.25, -0.2) is 9.78 Å². The summed E-state index contributed by atoms with van der Waals surface area (Å²) in [5.74, 6) is -4.54. The number of aromatic nitrogens is 1. The number of ether oxygens (including phenoxy) is 2. The van der Waals surface area contributed by atoms with Crippen LogP contribution in [-0.2, 0) is 6.18 Å². The van der Waals surface area contributed by atoms with Crippen molar-refractivity contribution in [1.29, 1.82) is 0 Å². The molecule has 0 saturated heterocycles. The molecule has 0 radical (unpaired) electrons. The van der Waals surface area contributed by atoms with E-state index in [4.69, 9.17) is 5.11 Å². The van der Waals surface area contributed by atoms with Crippen molar-refractivity contribution in [1.82, 2.24) is 4.98 Å². The molecule has 1 heterocycles. The first-order valence-electron chi connectivity index (χ1n) is 4.61. The number of methoxy groups -OCH3 is 1. The van der Waals surface area contributed by atoms with Gasteiger partial charge < -0.3 is 14.6 Å². The first-order valence-corrected chi connectivity index (χ1v) is 4.61. The molecule has 1 aromatic rings. The molecule has 0 saturated carbocycles. The van der Waals surface area contributed by atoms with Crippen LogP contribution in [0.25, 0.3) is 0 Å². The monoisotopic (exact) mass is 305 g/mol. The second kappa shape index (κ2) is 5.06. The van der Waals surface area contributed by atoms with Gasteiger partial charge >= 0.3 is 18.5 Å². The van der Waals surface area contributed by atoms with Crippen LogP contribution < -0.4 is 9.47 Å². The van der Waals surface area contributed by atoms with Crippen molar-refractivity contribution in [3.8, 4) is 11.6 Å². The number of alkyl halides is 6. The molecule has 0 aliphatic heterocycles. The van der Waals surface area contributed by atoms with E-state index < -0.39 is 41.4 Å². The molecule has 11 heteroatoms. The molecule has 1 rings (SSSR count). The van der Waals surface area contributed by atoms with Gasteiger partial charge in [-0.2, -0.15) is 13.2 Å². The van der Waals surface area contributed by atoms with Crippen LogP contribution in [-0.4, -0.2) is 29.5 Å². The zero-order valence-corrected chi connectivity index (χ0v) is 9.46. The lowest BCUT2D eigenvalue weighted by atomic mass is 10.2. The molecule has 5 nitrogen and oxygen atoms in total. The molecule has 112 valence electrons. The van der Waals surface area contributed by atoms with E-state index >= 15 is 0 Å². The number of halogens is 6. The third kappa shape index (κ3) is 3.65. The van der Waals surface area contributed by atoms with Gasteiger partial charge in [0.1, 0.15) is 0 Å². The molecule has 0 aliphatic carbocycles. The average molecular weight is 305 g/mol. The quantitative estimate of drug-likeness (QED) is 0.870. The molecule has 0 aliphatic rings. The fourth-order valence-electron chi connectivity index (χ4n) is 1.20. The molecule has 1 N–H and O–H groups in total. The largest absolute Gasteiger partial charge is 0.573 e. The Morgan fingerprint density at radius 1 is 1.25 bits per heavy atom. The van der Waals surface area contributed by atoms with Crippen molar-refractivity contribution in [2.24, 2.45) is 0 Å². The SMILES string of the molecule is COc1nc(C(F)(F)F)c(C(=O)O)cc1OC(F)(F)F. The highest BCUT2D eigenvalue weighted by Gasteiger charge is 2.40. The first kappa shape index (κ1) is 15.9. The molecule has 0 atom stereocenters. The van der Waals surface area contributed by atoms with Crippen LogP contribution in [0.5, 0.6) is 11.6 Å². The number of carboxylic acid groups (broad SMARTS) is 1. The summed E-state index contributed by atoms with van der Waals surface area (Å²) in [7, 11) is 0.756. The molecule has 1 aromatic heterocycles. The summed E-state index contributed by atoms with van der Waals surface area (Å²) in [5.41, 5.74) is -3.38. The topological polar surface area (TPSA) is 68.7 Å². The lowest BCUT2D eigenvalue weighted by Gasteiger charge is -2.15. The Morgan fingerprint density at radius 3 is 2.15 bits per heavy atom. The maximum atomic E-state index is 12.6. The lowest BCUT2D eigenvalue weighted by molar-refractivity contribution is -0.275. The van der Waals surface area contributed by atoms with E-state index in [1.165, 1.54) is 0 Å². The number of rotatable bonds is 3. The molecule has 0 aromatic carbocycles. The number of nitrogens with zero attached hydrogens (tertiary/aromatic N) is 1. The summed E-state index contributed by atoms with van der Waals surface area (Å²) in [4.78, 5) is 13.4. The zero-order chi connectivity index (χ0) is 15.7. The number of pyridine rings is 1. The number of aromatic carboxylic acids is 1. The Morgan fingerprint density at radius 2 is 1.80 bits per heavy atom. The molecule has 0 amide bonds. The second-order valence-corrected chi connectivity index (χ2v) is 3.24. The number of hydrogen-bond acceptors (Lipinski definition) is 4. The van der Waals surface area contributed by atoms with E-state index in [-0.39, 0.29) is 6.07 Å². The Bertz CT molecular complexity index is 524. The fraction of sp³-hybridized carbons (Fsp3) is 0.333. The number of hydrogen-bond donors (Lipinski definition) is 1. The van der Waals surface area contributed by atoms with Crippen molar-refractivity contribution in [3.05, 3.63) is 17.3 Å². The minimum Gasteiger partial charge on any atom is -0.478 e. The standard InChI is InChI=1S/C9H5F6NO4/c1-19-6-4(20-9(13,14)15)2-3(7(17)18)5(16-6)8(10,11)12/h2H,1H3,(H,17,18). The fourth-order valence-corrected chi connectivity index (χ4v) is 1.20. The van der Waals surface area contributed by atoms with E-state index in [2.05, 4.69) is 14.5 Å². The van der Waals surface area contributed by atoms with Crippen molar-refractivity contribution in [2.45, 2.75) is 12.5 Å². The van der Waals surface area contributed by atoms with Gasteiger partial charge in [-0.05, 0) is 0 Å². The molecule has 0 fully saturated rings. The highest BCUT2D eigenvalue weighted by atomic mass is 19.4. The highest BCUT2D eigenvalue weighted by molar-refractivity contribution is 5.89.